The standard InChI is InChI=1S/C16H13N3O6S/c1-8-5-13(21)25-11-6-9(3-4-10(8)11)24-7-12(20)17-15-14(16(22)23-2)18-19-26-15/h3-6H,7H2,1-2H3,(H,17,20). The molecule has 0 aliphatic heterocycles. The zero-order chi connectivity index (χ0) is 18.7. The molecule has 0 saturated heterocycles. The van der Waals surface area contributed by atoms with Crippen LogP contribution < -0.4 is 15.7 Å². The van der Waals surface area contributed by atoms with Gasteiger partial charge in [-0.05, 0) is 24.6 Å². The van der Waals surface area contributed by atoms with Crippen LogP contribution in [0.25, 0.3) is 11.0 Å². The third-order valence-electron chi connectivity index (χ3n) is 3.41. The van der Waals surface area contributed by atoms with E-state index in [-0.39, 0.29) is 17.3 Å². The molecule has 1 N–H and O–H groups in total. The van der Waals surface area contributed by atoms with Crippen molar-refractivity contribution < 1.29 is 23.5 Å². The van der Waals surface area contributed by atoms with Gasteiger partial charge in [-0.15, -0.1) is 5.10 Å². The maximum atomic E-state index is 12.0. The number of carbonyl (C=O) groups is 2. The second-order valence-electron chi connectivity index (χ2n) is 5.19. The van der Waals surface area contributed by atoms with E-state index in [2.05, 4.69) is 19.6 Å². The highest BCUT2D eigenvalue weighted by molar-refractivity contribution is 7.10. The van der Waals surface area contributed by atoms with Crippen molar-refractivity contribution in [2.75, 3.05) is 19.0 Å². The first kappa shape index (κ1) is 17.5. The van der Waals surface area contributed by atoms with Gasteiger partial charge in [-0.25, -0.2) is 9.59 Å². The summed E-state index contributed by atoms with van der Waals surface area (Å²) >= 11 is 0.849. The number of amides is 1. The van der Waals surface area contributed by atoms with E-state index < -0.39 is 17.5 Å². The fourth-order valence-corrected chi connectivity index (χ4v) is 2.78. The zero-order valence-corrected chi connectivity index (χ0v) is 14.6. The molecular formula is C16H13N3O6S. The molecule has 1 amide bonds. The highest BCUT2D eigenvalue weighted by Crippen LogP contribution is 2.22. The number of rotatable bonds is 5. The number of nitrogens with one attached hydrogen (secondary N) is 1. The van der Waals surface area contributed by atoms with Crippen molar-refractivity contribution in [1.82, 2.24) is 9.59 Å². The number of hydrogen-bond donors (Lipinski definition) is 1. The molecule has 0 saturated carbocycles. The molecule has 0 fully saturated rings. The Labute approximate surface area is 150 Å². The average Bonchev–Trinajstić information content (AvgIpc) is 3.06. The van der Waals surface area contributed by atoms with Crippen LogP contribution >= 0.6 is 11.5 Å². The van der Waals surface area contributed by atoms with Crippen LogP contribution in [-0.4, -0.2) is 35.2 Å². The molecule has 10 heteroatoms. The number of nitrogens with zero attached hydrogens (tertiary/aromatic N) is 2. The Morgan fingerprint density at radius 3 is 2.88 bits per heavy atom. The van der Waals surface area contributed by atoms with E-state index in [1.807, 2.05) is 0 Å². The minimum absolute atomic E-state index is 0.0752. The lowest BCUT2D eigenvalue weighted by atomic mass is 10.1. The van der Waals surface area contributed by atoms with Crippen LogP contribution in [-0.2, 0) is 9.53 Å². The second-order valence-corrected chi connectivity index (χ2v) is 5.94. The summed E-state index contributed by atoms with van der Waals surface area (Å²) in [6, 6.07) is 6.34. The lowest BCUT2D eigenvalue weighted by molar-refractivity contribution is -0.118. The number of aromatic nitrogens is 2. The van der Waals surface area contributed by atoms with Crippen LogP contribution in [0.3, 0.4) is 0 Å². The third-order valence-corrected chi connectivity index (χ3v) is 4.05. The van der Waals surface area contributed by atoms with Crippen molar-refractivity contribution in [1.29, 1.82) is 0 Å². The minimum atomic E-state index is -0.699. The van der Waals surface area contributed by atoms with Gasteiger partial charge >= 0.3 is 11.6 Å². The Kier molecular flexibility index (Phi) is 4.94. The number of esters is 1. The van der Waals surface area contributed by atoms with Gasteiger partial charge < -0.3 is 19.2 Å². The molecule has 3 aromatic rings. The highest BCUT2D eigenvalue weighted by atomic mass is 32.1. The monoisotopic (exact) mass is 375 g/mol. The molecule has 0 atom stereocenters. The number of ether oxygens (including phenoxy) is 2. The van der Waals surface area contributed by atoms with Gasteiger partial charge in [-0.3, -0.25) is 4.79 Å². The smallest absolute Gasteiger partial charge is 0.361 e. The predicted octanol–water partition coefficient (Wildman–Crippen LogP) is 1.76. The fourth-order valence-electron chi connectivity index (χ4n) is 2.21. The molecule has 2 heterocycles. The van der Waals surface area contributed by atoms with Crippen LogP contribution in [0.4, 0.5) is 5.00 Å². The van der Waals surface area contributed by atoms with Crippen LogP contribution in [0.2, 0.25) is 0 Å². The van der Waals surface area contributed by atoms with E-state index in [1.165, 1.54) is 19.2 Å². The quantitative estimate of drug-likeness (QED) is 0.529. The Morgan fingerprint density at radius 1 is 1.31 bits per heavy atom. The molecular weight excluding hydrogens is 362 g/mol. The third kappa shape index (κ3) is 3.70. The first-order valence-electron chi connectivity index (χ1n) is 7.36. The highest BCUT2D eigenvalue weighted by Gasteiger charge is 2.19. The Balaban J connectivity index is 1.68. The average molecular weight is 375 g/mol. The fraction of sp³-hybridized carbons (Fsp3) is 0.188. The normalized spacial score (nSPS) is 10.5. The van der Waals surface area contributed by atoms with Crippen molar-refractivity contribution in [3.63, 3.8) is 0 Å². The summed E-state index contributed by atoms with van der Waals surface area (Å²) in [5.41, 5.74) is 0.618. The Morgan fingerprint density at radius 2 is 2.12 bits per heavy atom. The van der Waals surface area contributed by atoms with Crippen molar-refractivity contribution >= 4 is 39.4 Å². The molecule has 0 radical (unpaired) electrons. The molecule has 2 aromatic heterocycles. The summed E-state index contributed by atoms with van der Waals surface area (Å²) < 4.78 is 18.7. The van der Waals surface area contributed by atoms with Crippen molar-refractivity contribution in [3.8, 4) is 5.75 Å². The molecule has 26 heavy (non-hydrogen) atoms. The van der Waals surface area contributed by atoms with Crippen LogP contribution in [0.5, 0.6) is 5.75 Å². The summed E-state index contributed by atoms with van der Waals surface area (Å²) in [5.74, 6) is -0.848. The van der Waals surface area contributed by atoms with Gasteiger partial charge in [-0.2, -0.15) is 0 Å². The van der Waals surface area contributed by atoms with E-state index >= 15 is 0 Å². The predicted molar refractivity (Wildman–Crippen MR) is 92.6 cm³/mol. The first-order valence-corrected chi connectivity index (χ1v) is 8.13. The van der Waals surface area contributed by atoms with Crippen LogP contribution in [0, 0.1) is 6.92 Å². The second kappa shape index (κ2) is 7.31. The number of hydrogen-bond acceptors (Lipinski definition) is 9. The SMILES string of the molecule is COC(=O)c1nnsc1NC(=O)COc1ccc2c(C)cc(=O)oc2c1. The molecule has 1 aromatic carbocycles. The van der Waals surface area contributed by atoms with Crippen molar-refractivity contribution in [2.45, 2.75) is 6.92 Å². The van der Waals surface area contributed by atoms with Crippen LogP contribution in [0.1, 0.15) is 16.1 Å². The number of benzene rings is 1. The van der Waals surface area contributed by atoms with E-state index in [0.717, 1.165) is 22.5 Å². The summed E-state index contributed by atoms with van der Waals surface area (Å²) in [5, 5.41) is 7.04. The minimum Gasteiger partial charge on any atom is -0.484 e. The molecule has 0 aliphatic carbocycles. The summed E-state index contributed by atoms with van der Waals surface area (Å²) in [6.45, 7) is 1.48. The summed E-state index contributed by atoms with van der Waals surface area (Å²) in [6.07, 6.45) is 0. The molecule has 9 nitrogen and oxygen atoms in total. The molecule has 0 aliphatic rings. The van der Waals surface area contributed by atoms with Gasteiger partial charge in [0.25, 0.3) is 5.91 Å². The number of methoxy groups -OCH3 is 1. The van der Waals surface area contributed by atoms with E-state index in [1.54, 1.807) is 19.1 Å². The summed E-state index contributed by atoms with van der Waals surface area (Å²) in [4.78, 5) is 35.0. The van der Waals surface area contributed by atoms with Gasteiger partial charge in [0.2, 0.25) is 5.69 Å². The number of carbonyl (C=O) groups excluding carboxylic acids is 2. The zero-order valence-electron chi connectivity index (χ0n) is 13.8. The van der Waals surface area contributed by atoms with Crippen molar-refractivity contribution in [2.24, 2.45) is 0 Å². The number of fused-ring (bicyclic) bond motifs is 1. The number of anilines is 1. The maximum absolute atomic E-state index is 12.0. The van der Waals surface area contributed by atoms with E-state index in [9.17, 15) is 14.4 Å². The largest absolute Gasteiger partial charge is 0.484 e. The van der Waals surface area contributed by atoms with Crippen molar-refractivity contribution in [3.05, 3.63) is 45.9 Å². The Bertz CT molecular complexity index is 1040. The molecule has 3 rings (SSSR count). The first-order chi connectivity index (χ1) is 12.5. The molecule has 134 valence electrons. The van der Waals surface area contributed by atoms with Gasteiger partial charge in [0.1, 0.15) is 11.3 Å². The molecule has 0 unspecified atom stereocenters. The van der Waals surface area contributed by atoms with E-state index in [4.69, 9.17) is 9.15 Å². The lowest BCUT2D eigenvalue weighted by Crippen LogP contribution is -2.21. The lowest BCUT2D eigenvalue weighted by Gasteiger charge is -2.08. The van der Waals surface area contributed by atoms with Gasteiger partial charge in [0, 0.05) is 29.1 Å². The molecule has 0 bridgehead atoms. The van der Waals surface area contributed by atoms with Gasteiger partial charge in [0.15, 0.2) is 11.6 Å². The van der Waals surface area contributed by atoms with Gasteiger partial charge in [-0.1, -0.05) is 4.49 Å². The topological polar surface area (TPSA) is 121 Å². The van der Waals surface area contributed by atoms with E-state index in [0.29, 0.717) is 11.3 Å². The molecule has 0 spiro atoms. The number of aryl methyl sites for hydroxylation is 1. The maximum Gasteiger partial charge on any atom is 0.361 e. The Hall–Kier alpha value is -3.27. The summed E-state index contributed by atoms with van der Waals surface area (Å²) in [7, 11) is 1.20. The van der Waals surface area contributed by atoms with Gasteiger partial charge in [0.05, 0.1) is 7.11 Å². The van der Waals surface area contributed by atoms with Crippen LogP contribution in [0.15, 0.2) is 33.5 Å².